The second kappa shape index (κ2) is 10.9. The molecule has 6 aromatic carbocycles. The molecule has 0 bridgehead atoms. The first kappa shape index (κ1) is 25.1. The topological polar surface area (TPSA) is 62.5 Å². The molecule has 1 aromatic heterocycles. The van der Waals surface area contributed by atoms with Crippen molar-refractivity contribution in [3.8, 4) is 62.5 Å². The molecule has 0 N–H and O–H groups in total. The van der Waals surface area contributed by atoms with E-state index in [2.05, 4.69) is 66.7 Å². The Balaban J connectivity index is 1.26. The third kappa shape index (κ3) is 5.03. The molecule has 0 unspecified atom stereocenters. The minimum atomic E-state index is 0.641. The highest BCUT2D eigenvalue weighted by molar-refractivity contribution is 5.90. The van der Waals surface area contributed by atoms with Gasteiger partial charge in [0.15, 0.2) is 17.5 Å². The number of benzene rings is 6. The van der Waals surface area contributed by atoms with E-state index in [1.54, 1.807) is 0 Å². The maximum absolute atomic E-state index is 9.08. The fourth-order valence-electron chi connectivity index (χ4n) is 5.10. The predicted molar refractivity (Wildman–Crippen MR) is 169 cm³/mol. The summed E-state index contributed by atoms with van der Waals surface area (Å²) in [6.07, 6.45) is 0. The van der Waals surface area contributed by atoms with Crippen LogP contribution in [0, 0.1) is 11.3 Å². The summed E-state index contributed by atoms with van der Waals surface area (Å²) in [6, 6.07) is 51.3. The van der Waals surface area contributed by atoms with E-state index >= 15 is 0 Å². The molecule has 0 aliphatic carbocycles. The van der Waals surface area contributed by atoms with Gasteiger partial charge in [-0.25, -0.2) is 15.0 Å². The van der Waals surface area contributed by atoms with Crippen LogP contribution in [0.5, 0.6) is 0 Å². The van der Waals surface area contributed by atoms with Crippen molar-refractivity contribution in [2.75, 3.05) is 0 Å². The van der Waals surface area contributed by atoms with Crippen LogP contribution in [0.4, 0.5) is 0 Å². The Hall–Kier alpha value is -5.92. The third-order valence-corrected chi connectivity index (χ3v) is 7.36. The summed E-state index contributed by atoms with van der Waals surface area (Å²) >= 11 is 0. The van der Waals surface area contributed by atoms with Crippen LogP contribution in [-0.2, 0) is 0 Å². The smallest absolute Gasteiger partial charge is 0.164 e. The van der Waals surface area contributed by atoms with Crippen molar-refractivity contribution in [1.82, 2.24) is 15.0 Å². The highest BCUT2D eigenvalue weighted by atomic mass is 15.0. The molecule has 4 nitrogen and oxygen atoms in total. The zero-order valence-electron chi connectivity index (χ0n) is 22.6. The molecule has 0 saturated heterocycles. The Morgan fingerprint density at radius 2 is 0.762 bits per heavy atom. The second-order valence-electron chi connectivity index (χ2n) is 10.1. The van der Waals surface area contributed by atoms with Gasteiger partial charge in [-0.2, -0.15) is 5.26 Å². The minimum Gasteiger partial charge on any atom is -0.208 e. The SMILES string of the molecule is N#Cc1ccc(-c2ccc(-c3ccc4ccc(-c5nc(-c6ccccc6)nc(-c6ccccc6)n5)cc4c3)cc2)cc1. The first-order chi connectivity index (χ1) is 20.7. The van der Waals surface area contributed by atoms with E-state index in [0.717, 1.165) is 49.7 Å². The average Bonchev–Trinajstić information content (AvgIpc) is 3.08. The Morgan fingerprint density at radius 1 is 0.357 bits per heavy atom. The van der Waals surface area contributed by atoms with Crippen LogP contribution in [-0.4, -0.2) is 15.0 Å². The van der Waals surface area contributed by atoms with Gasteiger partial charge in [0.25, 0.3) is 0 Å². The molecule has 0 saturated carbocycles. The van der Waals surface area contributed by atoms with Crippen molar-refractivity contribution in [3.63, 3.8) is 0 Å². The van der Waals surface area contributed by atoms with Crippen LogP contribution in [0.3, 0.4) is 0 Å². The van der Waals surface area contributed by atoms with Crippen LogP contribution in [0.1, 0.15) is 5.56 Å². The van der Waals surface area contributed by atoms with Gasteiger partial charge in [-0.1, -0.05) is 121 Å². The molecule has 0 spiro atoms. The summed E-state index contributed by atoms with van der Waals surface area (Å²) in [6.45, 7) is 0. The van der Waals surface area contributed by atoms with Crippen molar-refractivity contribution < 1.29 is 0 Å². The summed E-state index contributed by atoms with van der Waals surface area (Å²) < 4.78 is 0. The summed E-state index contributed by atoms with van der Waals surface area (Å²) in [7, 11) is 0. The van der Waals surface area contributed by atoms with E-state index in [0.29, 0.717) is 23.0 Å². The standard InChI is InChI=1S/C38H24N4/c39-25-26-11-13-27(14-12-26)28-15-17-29(18-16-28)33-21-19-30-20-22-34(24-35(30)23-33)38-41-36(31-7-3-1-4-8-31)40-37(42-38)32-9-5-2-6-10-32/h1-24H. The molecular formula is C38H24N4. The first-order valence-electron chi connectivity index (χ1n) is 13.8. The molecule has 1 heterocycles. The molecule has 4 heteroatoms. The summed E-state index contributed by atoms with van der Waals surface area (Å²) in [5, 5.41) is 11.3. The molecule has 0 fully saturated rings. The largest absolute Gasteiger partial charge is 0.208 e. The fourth-order valence-corrected chi connectivity index (χ4v) is 5.10. The van der Waals surface area contributed by atoms with Gasteiger partial charge in [0.1, 0.15) is 0 Å². The molecule has 0 aliphatic rings. The average molecular weight is 537 g/mol. The highest BCUT2D eigenvalue weighted by Gasteiger charge is 2.13. The van der Waals surface area contributed by atoms with Gasteiger partial charge in [0, 0.05) is 16.7 Å². The van der Waals surface area contributed by atoms with Crippen LogP contribution in [0.25, 0.3) is 67.2 Å². The monoisotopic (exact) mass is 536 g/mol. The van der Waals surface area contributed by atoms with Crippen molar-refractivity contribution >= 4 is 10.8 Å². The van der Waals surface area contributed by atoms with Gasteiger partial charge in [-0.15, -0.1) is 0 Å². The van der Waals surface area contributed by atoms with Crippen molar-refractivity contribution in [3.05, 3.63) is 151 Å². The number of fused-ring (bicyclic) bond motifs is 1. The molecule has 7 aromatic rings. The van der Waals surface area contributed by atoms with Crippen LogP contribution in [0.2, 0.25) is 0 Å². The molecular weight excluding hydrogens is 512 g/mol. The maximum atomic E-state index is 9.08. The van der Waals surface area contributed by atoms with Gasteiger partial charge < -0.3 is 0 Å². The minimum absolute atomic E-state index is 0.641. The second-order valence-corrected chi connectivity index (χ2v) is 10.1. The first-order valence-corrected chi connectivity index (χ1v) is 13.8. The molecule has 196 valence electrons. The lowest BCUT2D eigenvalue weighted by atomic mass is 9.97. The molecule has 7 rings (SSSR count). The Bertz CT molecular complexity index is 2000. The lowest BCUT2D eigenvalue weighted by Crippen LogP contribution is -2.00. The Labute approximate surface area is 244 Å². The Morgan fingerprint density at radius 3 is 1.29 bits per heavy atom. The van der Waals surface area contributed by atoms with E-state index in [1.165, 1.54) is 0 Å². The number of nitriles is 1. The number of nitrogens with zero attached hydrogens (tertiary/aromatic N) is 4. The molecule has 0 aliphatic heterocycles. The predicted octanol–water partition coefficient (Wildman–Crippen LogP) is 9.23. The summed E-state index contributed by atoms with van der Waals surface area (Å²) in [4.78, 5) is 14.6. The van der Waals surface area contributed by atoms with E-state index < -0.39 is 0 Å². The van der Waals surface area contributed by atoms with Crippen LogP contribution >= 0.6 is 0 Å². The molecule has 0 atom stereocenters. The van der Waals surface area contributed by atoms with Gasteiger partial charge in [0.05, 0.1) is 11.6 Å². The number of rotatable bonds is 5. The zero-order valence-corrected chi connectivity index (χ0v) is 22.6. The van der Waals surface area contributed by atoms with Gasteiger partial charge in [0.2, 0.25) is 0 Å². The van der Waals surface area contributed by atoms with Crippen molar-refractivity contribution in [2.45, 2.75) is 0 Å². The van der Waals surface area contributed by atoms with Crippen molar-refractivity contribution in [2.24, 2.45) is 0 Å². The van der Waals surface area contributed by atoms with E-state index in [-0.39, 0.29) is 0 Å². The normalized spacial score (nSPS) is 10.8. The van der Waals surface area contributed by atoms with Gasteiger partial charge in [-0.05, 0) is 57.3 Å². The van der Waals surface area contributed by atoms with E-state index in [1.807, 2.05) is 84.9 Å². The molecule has 0 amide bonds. The third-order valence-electron chi connectivity index (χ3n) is 7.36. The van der Waals surface area contributed by atoms with Gasteiger partial charge >= 0.3 is 0 Å². The zero-order chi connectivity index (χ0) is 28.3. The van der Waals surface area contributed by atoms with Crippen LogP contribution in [0.15, 0.2) is 146 Å². The quantitative estimate of drug-likeness (QED) is 0.220. The molecule has 0 radical (unpaired) electrons. The maximum Gasteiger partial charge on any atom is 0.164 e. The highest BCUT2D eigenvalue weighted by Crippen LogP contribution is 2.31. The van der Waals surface area contributed by atoms with Crippen molar-refractivity contribution in [1.29, 1.82) is 5.26 Å². The summed E-state index contributed by atoms with van der Waals surface area (Å²) in [5.74, 6) is 1.94. The number of hydrogen-bond acceptors (Lipinski definition) is 4. The fraction of sp³-hybridized carbons (Fsp3) is 0. The van der Waals surface area contributed by atoms with E-state index in [4.69, 9.17) is 20.2 Å². The number of hydrogen-bond donors (Lipinski definition) is 0. The van der Waals surface area contributed by atoms with Crippen LogP contribution < -0.4 is 0 Å². The lowest BCUT2D eigenvalue weighted by molar-refractivity contribution is 1.07. The van der Waals surface area contributed by atoms with E-state index in [9.17, 15) is 0 Å². The lowest BCUT2D eigenvalue weighted by Gasteiger charge is -2.10. The Kier molecular flexibility index (Phi) is 6.52. The number of aromatic nitrogens is 3. The summed E-state index contributed by atoms with van der Waals surface area (Å²) in [5.41, 5.74) is 7.98. The van der Waals surface area contributed by atoms with Gasteiger partial charge in [-0.3, -0.25) is 0 Å². The molecule has 42 heavy (non-hydrogen) atoms.